The molecule has 2 N–H and O–H groups in total. The van der Waals surface area contributed by atoms with Crippen molar-refractivity contribution >= 4 is 44.3 Å². The summed E-state index contributed by atoms with van der Waals surface area (Å²) in [5.41, 5.74) is 0.546. The molecular weight excluding hydrogens is 432 g/mol. The topological polar surface area (TPSA) is 118 Å². The molecule has 11 heteroatoms. The summed E-state index contributed by atoms with van der Waals surface area (Å²) in [7, 11) is 3.16. The van der Waals surface area contributed by atoms with Crippen LogP contribution in [-0.4, -0.2) is 53.6 Å². The van der Waals surface area contributed by atoms with Crippen LogP contribution < -0.4 is 25.8 Å². The van der Waals surface area contributed by atoms with E-state index in [1.54, 1.807) is 31.3 Å². The van der Waals surface area contributed by atoms with Crippen molar-refractivity contribution in [3.05, 3.63) is 40.9 Å². The Morgan fingerprint density at radius 1 is 1.31 bits per heavy atom. The van der Waals surface area contributed by atoms with Gasteiger partial charge in [0.05, 0.1) is 18.7 Å². The van der Waals surface area contributed by atoms with E-state index in [0.717, 1.165) is 19.4 Å². The second-order valence-electron chi connectivity index (χ2n) is 7.47. The van der Waals surface area contributed by atoms with Crippen molar-refractivity contribution in [3.63, 3.8) is 0 Å². The van der Waals surface area contributed by atoms with Crippen LogP contribution in [0.25, 0.3) is 10.3 Å². The average Bonchev–Trinajstić information content (AvgIpc) is 3.26. The largest absolute Gasteiger partial charge is 0.495 e. The zero-order chi connectivity index (χ0) is 22.7. The second-order valence-corrected chi connectivity index (χ2v) is 8.45. The minimum absolute atomic E-state index is 0.0114. The normalized spacial score (nSPS) is 16.1. The van der Waals surface area contributed by atoms with Gasteiger partial charge in [-0.25, -0.2) is 4.98 Å². The fraction of sp³-hybridized carbons (Fsp3) is 0.381. The van der Waals surface area contributed by atoms with Gasteiger partial charge in [0.15, 0.2) is 10.8 Å². The van der Waals surface area contributed by atoms with Gasteiger partial charge in [-0.3, -0.25) is 19.0 Å². The minimum Gasteiger partial charge on any atom is -0.495 e. The van der Waals surface area contributed by atoms with E-state index in [2.05, 4.69) is 20.6 Å². The molecular formula is C21H24N6O4S. The van der Waals surface area contributed by atoms with E-state index in [1.165, 1.54) is 29.3 Å². The first-order chi connectivity index (χ1) is 15.5. The van der Waals surface area contributed by atoms with Crippen molar-refractivity contribution in [1.82, 2.24) is 19.9 Å². The third-order valence-electron chi connectivity index (χ3n) is 5.38. The molecule has 10 nitrogen and oxygen atoms in total. The summed E-state index contributed by atoms with van der Waals surface area (Å²) < 4.78 is 6.88. The van der Waals surface area contributed by atoms with E-state index in [-0.39, 0.29) is 29.8 Å². The van der Waals surface area contributed by atoms with Crippen molar-refractivity contribution in [1.29, 1.82) is 0 Å². The molecule has 0 saturated carbocycles. The highest BCUT2D eigenvalue weighted by atomic mass is 32.1. The monoisotopic (exact) mass is 456 g/mol. The first kappa shape index (κ1) is 21.8. The molecule has 0 bridgehead atoms. The quantitative estimate of drug-likeness (QED) is 0.576. The number of ether oxygens (including phenoxy) is 1. The van der Waals surface area contributed by atoms with Crippen LogP contribution in [0.2, 0.25) is 0 Å². The van der Waals surface area contributed by atoms with Gasteiger partial charge in [-0.1, -0.05) is 23.5 Å². The van der Waals surface area contributed by atoms with Gasteiger partial charge in [-0.15, -0.1) is 0 Å². The van der Waals surface area contributed by atoms with E-state index in [9.17, 15) is 14.4 Å². The molecule has 4 rings (SSSR count). The zero-order valence-electron chi connectivity index (χ0n) is 17.8. The van der Waals surface area contributed by atoms with Crippen LogP contribution in [0, 0.1) is 5.92 Å². The van der Waals surface area contributed by atoms with Gasteiger partial charge in [0.1, 0.15) is 23.3 Å². The maximum atomic E-state index is 13.0. The van der Waals surface area contributed by atoms with Crippen molar-refractivity contribution in [2.75, 3.05) is 37.5 Å². The van der Waals surface area contributed by atoms with Gasteiger partial charge in [-0.05, 0) is 25.0 Å². The van der Waals surface area contributed by atoms with Crippen LogP contribution in [0.4, 0.5) is 10.8 Å². The first-order valence-electron chi connectivity index (χ1n) is 10.3. The lowest BCUT2D eigenvalue weighted by Crippen LogP contribution is -2.42. The summed E-state index contributed by atoms with van der Waals surface area (Å²) in [5.74, 6) is 0.0683. The third kappa shape index (κ3) is 4.42. The molecule has 1 aliphatic rings. The molecule has 1 atom stereocenters. The number of nitrogens with one attached hydrogen (secondary N) is 2. The van der Waals surface area contributed by atoms with Crippen LogP contribution in [-0.2, 0) is 16.1 Å². The van der Waals surface area contributed by atoms with Crippen LogP contribution in [0.1, 0.15) is 12.8 Å². The number of rotatable bonds is 6. The number of piperidine rings is 1. The Balaban J connectivity index is 1.52. The molecule has 3 aromatic rings. The lowest BCUT2D eigenvalue weighted by Gasteiger charge is -2.31. The summed E-state index contributed by atoms with van der Waals surface area (Å²) in [6.07, 6.45) is 3.03. The van der Waals surface area contributed by atoms with Crippen LogP contribution in [0.15, 0.2) is 35.4 Å². The third-order valence-corrected chi connectivity index (χ3v) is 6.47. The van der Waals surface area contributed by atoms with Crippen molar-refractivity contribution in [3.8, 4) is 5.75 Å². The number of fused-ring (bicyclic) bond motifs is 1. The summed E-state index contributed by atoms with van der Waals surface area (Å²) in [4.78, 5) is 48.3. The van der Waals surface area contributed by atoms with Gasteiger partial charge < -0.3 is 20.3 Å². The molecule has 0 aliphatic carbocycles. The van der Waals surface area contributed by atoms with Gasteiger partial charge in [0.2, 0.25) is 11.8 Å². The van der Waals surface area contributed by atoms with E-state index < -0.39 is 0 Å². The van der Waals surface area contributed by atoms with Crippen molar-refractivity contribution < 1.29 is 14.3 Å². The average molecular weight is 457 g/mol. The number of carbonyl (C=O) groups excluding carboxylic acids is 2. The van der Waals surface area contributed by atoms with Gasteiger partial charge in [0, 0.05) is 20.1 Å². The SMILES string of the molecule is CNC(=O)[C@@H]1CCCN(c2nc3ncn(CC(=O)Nc4ccccc4OC)c(=O)c3s2)C1. The first-order valence-corrected chi connectivity index (χ1v) is 11.1. The lowest BCUT2D eigenvalue weighted by molar-refractivity contribution is -0.124. The highest BCUT2D eigenvalue weighted by Crippen LogP contribution is 2.29. The number of carbonyl (C=O) groups is 2. The molecule has 0 radical (unpaired) electrons. The molecule has 3 heterocycles. The van der Waals surface area contributed by atoms with Crippen LogP contribution >= 0.6 is 11.3 Å². The highest BCUT2D eigenvalue weighted by molar-refractivity contribution is 7.22. The van der Waals surface area contributed by atoms with Crippen LogP contribution in [0.3, 0.4) is 0 Å². The predicted molar refractivity (Wildman–Crippen MR) is 122 cm³/mol. The fourth-order valence-electron chi connectivity index (χ4n) is 3.74. The molecule has 32 heavy (non-hydrogen) atoms. The van der Waals surface area contributed by atoms with E-state index in [0.29, 0.717) is 33.5 Å². The number of aromatic nitrogens is 3. The maximum Gasteiger partial charge on any atom is 0.273 e. The fourth-order valence-corrected chi connectivity index (χ4v) is 4.75. The maximum absolute atomic E-state index is 13.0. The Hall–Kier alpha value is -3.47. The molecule has 0 spiro atoms. The van der Waals surface area contributed by atoms with E-state index in [4.69, 9.17) is 4.74 Å². The van der Waals surface area contributed by atoms with Gasteiger partial charge in [0.25, 0.3) is 5.56 Å². The molecule has 1 fully saturated rings. The smallest absolute Gasteiger partial charge is 0.273 e. The Bertz CT molecular complexity index is 1210. The van der Waals surface area contributed by atoms with E-state index in [1.807, 2.05) is 4.90 Å². The standard InChI is InChI=1S/C21H24N6O4S/c1-22-19(29)13-6-5-9-26(10-13)21-25-18-17(32-21)20(30)27(12-23-18)11-16(28)24-14-7-3-4-8-15(14)31-2/h3-4,7-8,12-13H,5-6,9-11H2,1-2H3,(H,22,29)(H,24,28)/t13-/m1/s1. The number of hydrogen-bond acceptors (Lipinski definition) is 8. The number of anilines is 2. The molecule has 2 amide bonds. The van der Waals surface area contributed by atoms with Crippen molar-refractivity contribution in [2.45, 2.75) is 19.4 Å². The number of thiazole rings is 1. The Labute approximate surface area is 188 Å². The van der Waals surface area contributed by atoms with Crippen LogP contribution in [0.5, 0.6) is 5.75 Å². The Morgan fingerprint density at radius 3 is 2.91 bits per heavy atom. The number of methoxy groups -OCH3 is 1. The Kier molecular flexibility index (Phi) is 6.35. The summed E-state index contributed by atoms with van der Waals surface area (Å²) in [5, 5.41) is 6.11. The molecule has 1 saturated heterocycles. The molecule has 0 unspecified atom stereocenters. The number of para-hydroxylation sites is 2. The Morgan fingerprint density at radius 2 is 2.12 bits per heavy atom. The second kappa shape index (κ2) is 9.35. The number of amides is 2. The number of benzene rings is 1. The lowest BCUT2D eigenvalue weighted by atomic mass is 9.98. The number of nitrogens with zero attached hydrogens (tertiary/aromatic N) is 4. The number of hydrogen-bond donors (Lipinski definition) is 2. The molecule has 168 valence electrons. The van der Waals surface area contributed by atoms with E-state index >= 15 is 0 Å². The predicted octanol–water partition coefficient (Wildman–Crippen LogP) is 1.46. The highest BCUT2D eigenvalue weighted by Gasteiger charge is 2.27. The molecule has 1 aliphatic heterocycles. The summed E-state index contributed by atoms with van der Waals surface area (Å²) >= 11 is 1.24. The summed E-state index contributed by atoms with van der Waals surface area (Å²) in [6, 6.07) is 7.05. The van der Waals surface area contributed by atoms with Gasteiger partial charge in [-0.2, -0.15) is 4.98 Å². The molecule has 1 aromatic carbocycles. The minimum atomic E-state index is -0.369. The zero-order valence-corrected chi connectivity index (χ0v) is 18.6. The van der Waals surface area contributed by atoms with Crippen molar-refractivity contribution in [2.24, 2.45) is 5.92 Å². The molecule has 2 aromatic heterocycles. The van der Waals surface area contributed by atoms with Gasteiger partial charge >= 0.3 is 0 Å². The summed E-state index contributed by atoms with van der Waals surface area (Å²) in [6.45, 7) is 1.13.